The molecule has 0 atom stereocenters. The molecule has 4 nitrogen and oxygen atoms in total. The van der Waals surface area contributed by atoms with Crippen LogP contribution in [0.2, 0.25) is 0 Å². The van der Waals surface area contributed by atoms with E-state index in [0.717, 1.165) is 10.9 Å². The first-order valence-corrected chi connectivity index (χ1v) is 6.56. The largest absolute Gasteiger partial charge is 0.348 e. The molecule has 0 aliphatic carbocycles. The van der Waals surface area contributed by atoms with E-state index in [2.05, 4.69) is 15.9 Å². The molecule has 0 unspecified atom stereocenters. The number of nitrogens with zero attached hydrogens (tertiary/aromatic N) is 1. The SMILES string of the molecule is O=c1c(Br)cc2ccccc2n1CC1OCCO1. The minimum Gasteiger partial charge on any atom is -0.348 e. The number of aromatic nitrogens is 1. The summed E-state index contributed by atoms with van der Waals surface area (Å²) in [6.07, 6.45) is -0.333. The zero-order chi connectivity index (χ0) is 12.5. The van der Waals surface area contributed by atoms with Crippen molar-refractivity contribution in [2.24, 2.45) is 0 Å². The van der Waals surface area contributed by atoms with Gasteiger partial charge >= 0.3 is 0 Å². The number of halogens is 1. The normalized spacial score (nSPS) is 16.5. The highest BCUT2D eigenvalue weighted by molar-refractivity contribution is 9.10. The Kier molecular flexibility index (Phi) is 3.20. The maximum atomic E-state index is 12.2. The van der Waals surface area contributed by atoms with Crippen LogP contribution >= 0.6 is 15.9 Å². The Morgan fingerprint density at radius 1 is 1.28 bits per heavy atom. The lowest BCUT2D eigenvalue weighted by molar-refractivity contribution is -0.0523. The lowest BCUT2D eigenvalue weighted by atomic mass is 10.2. The van der Waals surface area contributed by atoms with Crippen molar-refractivity contribution >= 4 is 26.8 Å². The molecule has 0 bridgehead atoms. The van der Waals surface area contributed by atoms with Crippen molar-refractivity contribution in [1.29, 1.82) is 0 Å². The summed E-state index contributed by atoms with van der Waals surface area (Å²) < 4.78 is 13.1. The zero-order valence-electron chi connectivity index (χ0n) is 9.64. The fraction of sp³-hybridized carbons (Fsp3) is 0.308. The van der Waals surface area contributed by atoms with Crippen LogP contribution in [0.3, 0.4) is 0 Å². The molecule has 0 N–H and O–H groups in total. The summed E-state index contributed by atoms with van der Waals surface area (Å²) in [4.78, 5) is 12.2. The first-order valence-electron chi connectivity index (χ1n) is 5.77. The molecule has 1 aliphatic rings. The molecule has 0 amide bonds. The molecular weight excluding hydrogens is 298 g/mol. The number of pyridine rings is 1. The minimum atomic E-state index is -0.333. The van der Waals surface area contributed by atoms with Crippen molar-refractivity contribution < 1.29 is 9.47 Å². The van der Waals surface area contributed by atoms with Crippen molar-refractivity contribution in [3.63, 3.8) is 0 Å². The molecular formula is C13H12BrNO3. The molecule has 5 heteroatoms. The minimum absolute atomic E-state index is 0.0622. The Hall–Kier alpha value is -1.17. The van der Waals surface area contributed by atoms with Gasteiger partial charge in [-0.15, -0.1) is 0 Å². The van der Waals surface area contributed by atoms with E-state index in [9.17, 15) is 4.79 Å². The Morgan fingerprint density at radius 3 is 2.78 bits per heavy atom. The van der Waals surface area contributed by atoms with Crippen molar-refractivity contribution in [2.75, 3.05) is 13.2 Å². The van der Waals surface area contributed by atoms with Gasteiger partial charge in [0, 0.05) is 0 Å². The summed E-state index contributed by atoms with van der Waals surface area (Å²) in [6, 6.07) is 9.61. The van der Waals surface area contributed by atoms with E-state index in [1.165, 1.54) is 0 Å². The first kappa shape index (κ1) is 11.9. The predicted octanol–water partition coefficient (Wildman–Crippen LogP) is 2.14. The Balaban J connectivity index is 2.12. The van der Waals surface area contributed by atoms with Gasteiger partial charge in [0.1, 0.15) is 0 Å². The van der Waals surface area contributed by atoms with Crippen molar-refractivity contribution in [1.82, 2.24) is 4.57 Å². The highest BCUT2D eigenvalue weighted by Crippen LogP contribution is 2.17. The van der Waals surface area contributed by atoms with Gasteiger partial charge in [-0.2, -0.15) is 0 Å². The molecule has 3 rings (SSSR count). The molecule has 2 heterocycles. The maximum Gasteiger partial charge on any atom is 0.265 e. The number of fused-ring (bicyclic) bond motifs is 1. The molecule has 1 aromatic heterocycles. The van der Waals surface area contributed by atoms with Gasteiger partial charge in [0.25, 0.3) is 5.56 Å². The van der Waals surface area contributed by atoms with Gasteiger partial charge in [0.2, 0.25) is 0 Å². The van der Waals surface area contributed by atoms with Crippen LogP contribution in [0.25, 0.3) is 10.9 Å². The maximum absolute atomic E-state index is 12.2. The van der Waals surface area contributed by atoms with Gasteiger partial charge in [-0.25, -0.2) is 0 Å². The van der Waals surface area contributed by atoms with Crippen LogP contribution < -0.4 is 5.56 Å². The Morgan fingerprint density at radius 2 is 2.00 bits per heavy atom. The molecule has 0 spiro atoms. The van der Waals surface area contributed by atoms with Crippen molar-refractivity contribution in [3.05, 3.63) is 45.2 Å². The lowest BCUT2D eigenvalue weighted by Crippen LogP contribution is -2.27. The fourth-order valence-corrected chi connectivity index (χ4v) is 2.60. The highest BCUT2D eigenvalue weighted by Gasteiger charge is 2.18. The van der Waals surface area contributed by atoms with Crippen LogP contribution in [0.15, 0.2) is 39.6 Å². The van der Waals surface area contributed by atoms with Gasteiger partial charge in [-0.05, 0) is 33.4 Å². The molecule has 1 fully saturated rings. The van der Waals surface area contributed by atoms with E-state index in [-0.39, 0.29) is 11.8 Å². The fourth-order valence-electron chi connectivity index (χ4n) is 2.13. The van der Waals surface area contributed by atoms with E-state index in [0.29, 0.717) is 24.2 Å². The smallest absolute Gasteiger partial charge is 0.265 e. The molecule has 1 aromatic carbocycles. The van der Waals surface area contributed by atoms with Gasteiger partial charge in [0.15, 0.2) is 6.29 Å². The quantitative estimate of drug-likeness (QED) is 0.853. The molecule has 1 aliphatic heterocycles. The monoisotopic (exact) mass is 309 g/mol. The van der Waals surface area contributed by atoms with Crippen LogP contribution in [-0.4, -0.2) is 24.1 Å². The zero-order valence-corrected chi connectivity index (χ0v) is 11.2. The van der Waals surface area contributed by atoms with Crippen LogP contribution in [-0.2, 0) is 16.0 Å². The van der Waals surface area contributed by atoms with Crippen molar-refractivity contribution in [3.8, 4) is 0 Å². The second-order valence-electron chi connectivity index (χ2n) is 4.14. The number of hydrogen-bond acceptors (Lipinski definition) is 3. The van der Waals surface area contributed by atoms with Crippen LogP contribution in [0, 0.1) is 0 Å². The van der Waals surface area contributed by atoms with E-state index in [1.54, 1.807) is 4.57 Å². The van der Waals surface area contributed by atoms with Gasteiger partial charge < -0.3 is 14.0 Å². The third-order valence-electron chi connectivity index (χ3n) is 2.98. The summed E-state index contributed by atoms with van der Waals surface area (Å²) in [5.41, 5.74) is 0.831. The molecule has 0 saturated carbocycles. The standard InChI is InChI=1S/C13H12BrNO3/c14-10-7-9-3-1-2-4-11(9)15(13(10)16)8-12-17-5-6-18-12/h1-4,7,12H,5-6,8H2. The Bertz CT molecular complexity index is 632. The molecule has 0 radical (unpaired) electrons. The average Bonchev–Trinajstić information content (AvgIpc) is 2.88. The highest BCUT2D eigenvalue weighted by atomic mass is 79.9. The van der Waals surface area contributed by atoms with E-state index >= 15 is 0 Å². The van der Waals surface area contributed by atoms with E-state index < -0.39 is 0 Å². The number of hydrogen-bond donors (Lipinski definition) is 0. The van der Waals surface area contributed by atoms with Gasteiger partial charge in [-0.3, -0.25) is 4.79 Å². The second kappa shape index (κ2) is 4.84. The number of para-hydroxylation sites is 1. The lowest BCUT2D eigenvalue weighted by Gasteiger charge is -2.14. The van der Waals surface area contributed by atoms with Crippen LogP contribution in [0.1, 0.15) is 0 Å². The summed E-state index contributed by atoms with van der Waals surface area (Å²) in [6.45, 7) is 1.59. The average molecular weight is 310 g/mol. The van der Waals surface area contributed by atoms with E-state index in [1.807, 2.05) is 30.3 Å². The van der Waals surface area contributed by atoms with Crippen LogP contribution in [0.5, 0.6) is 0 Å². The van der Waals surface area contributed by atoms with Crippen molar-refractivity contribution in [2.45, 2.75) is 12.8 Å². The second-order valence-corrected chi connectivity index (χ2v) is 4.99. The van der Waals surface area contributed by atoms with Gasteiger partial charge in [-0.1, -0.05) is 18.2 Å². The summed E-state index contributed by atoms with van der Waals surface area (Å²) in [7, 11) is 0. The number of rotatable bonds is 2. The number of ether oxygens (including phenoxy) is 2. The predicted molar refractivity (Wildman–Crippen MR) is 71.6 cm³/mol. The van der Waals surface area contributed by atoms with E-state index in [4.69, 9.17) is 9.47 Å². The first-order chi connectivity index (χ1) is 8.75. The van der Waals surface area contributed by atoms with Gasteiger partial charge in [0.05, 0.1) is 29.7 Å². The molecule has 1 saturated heterocycles. The summed E-state index contributed by atoms with van der Waals surface area (Å²) >= 11 is 3.30. The molecule has 18 heavy (non-hydrogen) atoms. The third kappa shape index (κ3) is 2.09. The topological polar surface area (TPSA) is 40.5 Å². The molecule has 94 valence electrons. The summed E-state index contributed by atoms with van der Waals surface area (Å²) in [5, 5.41) is 1.02. The third-order valence-corrected chi connectivity index (χ3v) is 3.55. The molecule has 2 aromatic rings. The Labute approximate surface area is 112 Å². The summed E-state index contributed by atoms with van der Waals surface area (Å²) in [5.74, 6) is 0. The number of benzene rings is 1. The van der Waals surface area contributed by atoms with Crippen LogP contribution in [0.4, 0.5) is 0 Å².